The summed E-state index contributed by atoms with van der Waals surface area (Å²) in [4.78, 5) is 11.1. The van der Waals surface area contributed by atoms with Crippen molar-refractivity contribution in [2.75, 3.05) is 11.9 Å². The summed E-state index contributed by atoms with van der Waals surface area (Å²) in [6.07, 6.45) is -0.768. The number of hydrogen-bond donors (Lipinski definition) is 3. The highest BCUT2D eigenvalue weighted by Crippen LogP contribution is 2.19. The van der Waals surface area contributed by atoms with Crippen LogP contribution in [0.4, 0.5) is 23.7 Å². The van der Waals surface area contributed by atoms with Gasteiger partial charge in [0, 0.05) is 6.54 Å². The van der Waals surface area contributed by atoms with Crippen LogP contribution in [0.2, 0.25) is 0 Å². The van der Waals surface area contributed by atoms with Crippen molar-refractivity contribution in [2.24, 2.45) is 0 Å². The van der Waals surface area contributed by atoms with Gasteiger partial charge >= 0.3 is 6.03 Å². The Balaban J connectivity index is 2.69. The van der Waals surface area contributed by atoms with Crippen molar-refractivity contribution in [3.63, 3.8) is 0 Å². The number of benzene rings is 1. The minimum Gasteiger partial charge on any atom is -0.392 e. The molecule has 0 radical (unpaired) electrons. The molecule has 7 heteroatoms. The molecule has 0 aromatic heterocycles. The first kappa shape index (κ1) is 13.3. The Bertz CT molecular complexity index is 424. The lowest BCUT2D eigenvalue weighted by atomic mass is 10.3. The van der Waals surface area contributed by atoms with Crippen molar-refractivity contribution in [3.8, 4) is 0 Å². The van der Waals surface area contributed by atoms with Crippen LogP contribution in [0.1, 0.15) is 6.92 Å². The first-order chi connectivity index (χ1) is 7.91. The molecule has 2 amide bonds. The molecule has 0 aliphatic rings. The van der Waals surface area contributed by atoms with Crippen LogP contribution in [0, 0.1) is 17.5 Å². The van der Waals surface area contributed by atoms with Gasteiger partial charge in [-0.3, -0.25) is 0 Å². The number of rotatable bonds is 3. The summed E-state index contributed by atoms with van der Waals surface area (Å²) in [6.45, 7) is 1.40. The van der Waals surface area contributed by atoms with Gasteiger partial charge in [0.15, 0.2) is 17.5 Å². The quantitative estimate of drug-likeness (QED) is 0.711. The first-order valence-electron chi connectivity index (χ1n) is 4.78. The number of carbonyl (C=O) groups is 1. The van der Waals surface area contributed by atoms with Crippen molar-refractivity contribution >= 4 is 11.7 Å². The molecule has 1 unspecified atom stereocenters. The number of amides is 2. The Morgan fingerprint density at radius 1 is 1.35 bits per heavy atom. The number of urea groups is 1. The summed E-state index contributed by atoms with van der Waals surface area (Å²) in [5, 5.41) is 13.1. The third-order valence-corrected chi connectivity index (χ3v) is 1.84. The number of hydrogen-bond acceptors (Lipinski definition) is 2. The monoisotopic (exact) mass is 248 g/mol. The van der Waals surface area contributed by atoms with Gasteiger partial charge in [-0.25, -0.2) is 18.0 Å². The van der Waals surface area contributed by atoms with Crippen LogP contribution in [0.25, 0.3) is 0 Å². The predicted octanol–water partition coefficient (Wildman–Crippen LogP) is 1.61. The van der Waals surface area contributed by atoms with Crippen molar-refractivity contribution in [1.29, 1.82) is 0 Å². The molecule has 0 bridgehead atoms. The van der Waals surface area contributed by atoms with Crippen LogP contribution in [0.3, 0.4) is 0 Å². The largest absolute Gasteiger partial charge is 0.392 e. The second kappa shape index (κ2) is 5.53. The molecule has 0 heterocycles. The fourth-order valence-corrected chi connectivity index (χ4v) is 1.03. The molecule has 3 N–H and O–H groups in total. The standard InChI is InChI=1S/C10H11F3N2O2/c1-5(16)4-14-10(17)15-7-3-2-6(11)8(12)9(7)13/h2-3,5,16H,4H2,1H3,(H2,14,15,17). The SMILES string of the molecule is CC(O)CNC(=O)Nc1ccc(F)c(F)c1F. The molecule has 1 aromatic rings. The maximum atomic E-state index is 13.1. The Kier molecular flexibility index (Phi) is 4.33. The molecule has 0 fully saturated rings. The topological polar surface area (TPSA) is 61.4 Å². The third kappa shape index (κ3) is 3.63. The lowest BCUT2D eigenvalue weighted by Gasteiger charge is -2.10. The molecule has 0 aliphatic carbocycles. The number of aliphatic hydroxyl groups excluding tert-OH is 1. The van der Waals surface area contributed by atoms with E-state index in [0.717, 1.165) is 6.07 Å². The van der Waals surface area contributed by atoms with Crippen molar-refractivity contribution < 1.29 is 23.1 Å². The second-order valence-electron chi connectivity index (χ2n) is 3.41. The van der Waals surface area contributed by atoms with Crippen molar-refractivity contribution in [1.82, 2.24) is 5.32 Å². The van der Waals surface area contributed by atoms with Crippen LogP contribution in [-0.4, -0.2) is 23.8 Å². The molecule has 4 nitrogen and oxygen atoms in total. The fourth-order valence-electron chi connectivity index (χ4n) is 1.03. The van der Waals surface area contributed by atoms with Crippen LogP contribution in [-0.2, 0) is 0 Å². The average Bonchev–Trinajstić information content (AvgIpc) is 2.27. The van der Waals surface area contributed by atoms with Gasteiger partial charge in [0.1, 0.15) is 0 Å². The van der Waals surface area contributed by atoms with E-state index >= 15 is 0 Å². The zero-order chi connectivity index (χ0) is 13.0. The smallest absolute Gasteiger partial charge is 0.319 e. The molecule has 0 aliphatic heterocycles. The van der Waals surface area contributed by atoms with Gasteiger partial charge in [-0.2, -0.15) is 0 Å². The van der Waals surface area contributed by atoms with E-state index < -0.39 is 35.3 Å². The summed E-state index contributed by atoms with van der Waals surface area (Å²) in [6, 6.07) is 0.772. The molecule has 0 saturated heterocycles. The predicted molar refractivity (Wildman–Crippen MR) is 55.0 cm³/mol. The zero-order valence-electron chi connectivity index (χ0n) is 8.93. The van der Waals surface area contributed by atoms with Gasteiger partial charge in [-0.15, -0.1) is 0 Å². The maximum Gasteiger partial charge on any atom is 0.319 e. The molecule has 1 atom stereocenters. The molecule has 1 aromatic carbocycles. The Morgan fingerprint density at radius 2 is 2.00 bits per heavy atom. The maximum absolute atomic E-state index is 13.1. The fraction of sp³-hybridized carbons (Fsp3) is 0.300. The van der Waals surface area contributed by atoms with Gasteiger partial charge in [0.05, 0.1) is 11.8 Å². The van der Waals surface area contributed by atoms with Crippen LogP contribution < -0.4 is 10.6 Å². The second-order valence-corrected chi connectivity index (χ2v) is 3.41. The van der Waals surface area contributed by atoms with Crippen molar-refractivity contribution in [2.45, 2.75) is 13.0 Å². The van der Waals surface area contributed by atoms with Crippen LogP contribution in [0.15, 0.2) is 12.1 Å². The third-order valence-electron chi connectivity index (χ3n) is 1.84. The first-order valence-corrected chi connectivity index (χ1v) is 4.78. The Labute approximate surface area is 95.4 Å². The Morgan fingerprint density at radius 3 is 2.59 bits per heavy atom. The molecule has 0 saturated carbocycles. The average molecular weight is 248 g/mol. The summed E-state index contributed by atoms with van der Waals surface area (Å²) >= 11 is 0. The van der Waals surface area contributed by atoms with E-state index in [4.69, 9.17) is 5.11 Å². The van der Waals surface area contributed by atoms with Crippen molar-refractivity contribution in [3.05, 3.63) is 29.6 Å². The van der Waals surface area contributed by atoms with Gasteiger partial charge in [-0.1, -0.05) is 0 Å². The van der Waals surface area contributed by atoms with E-state index in [1.54, 1.807) is 0 Å². The van der Waals surface area contributed by atoms with Crippen LogP contribution >= 0.6 is 0 Å². The van der Waals surface area contributed by atoms with Gasteiger partial charge in [-0.05, 0) is 19.1 Å². The minimum atomic E-state index is -1.65. The van der Waals surface area contributed by atoms with Crippen LogP contribution in [0.5, 0.6) is 0 Å². The van der Waals surface area contributed by atoms with Gasteiger partial charge < -0.3 is 15.7 Å². The lowest BCUT2D eigenvalue weighted by molar-refractivity contribution is 0.190. The van der Waals surface area contributed by atoms with E-state index in [9.17, 15) is 18.0 Å². The van der Waals surface area contributed by atoms with Gasteiger partial charge in [0.2, 0.25) is 0 Å². The highest BCUT2D eigenvalue weighted by atomic mass is 19.2. The molecule has 0 spiro atoms. The number of nitrogens with one attached hydrogen (secondary N) is 2. The Hall–Kier alpha value is -1.76. The van der Waals surface area contributed by atoms with E-state index in [1.165, 1.54) is 6.92 Å². The normalized spacial score (nSPS) is 12.1. The number of halogens is 3. The highest BCUT2D eigenvalue weighted by molar-refractivity contribution is 5.89. The summed E-state index contributed by atoms with van der Waals surface area (Å²) in [7, 11) is 0. The van der Waals surface area contributed by atoms with E-state index in [2.05, 4.69) is 5.32 Å². The number of carbonyl (C=O) groups excluding carboxylic acids is 1. The number of anilines is 1. The van der Waals surface area contributed by atoms with Gasteiger partial charge in [0.25, 0.3) is 0 Å². The molecular formula is C10H11F3N2O2. The minimum absolute atomic E-state index is 0.0445. The summed E-state index contributed by atoms with van der Waals surface area (Å²) < 4.78 is 38.5. The summed E-state index contributed by atoms with van der Waals surface area (Å²) in [5.74, 6) is -4.46. The van der Waals surface area contributed by atoms with E-state index in [-0.39, 0.29) is 6.54 Å². The van der Waals surface area contributed by atoms with E-state index in [0.29, 0.717) is 6.07 Å². The molecule has 94 valence electrons. The lowest BCUT2D eigenvalue weighted by Crippen LogP contribution is -2.34. The zero-order valence-corrected chi connectivity index (χ0v) is 8.93. The van der Waals surface area contributed by atoms with E-state index in [1.807, 2.05) is 5.32 Å². The number of aliphatic hydroxyl groups is 1. The molecular weight excluding hydrogens is 237 g/mol. The highest BCUT2D eigenvalue weighted by Gasteiger charge is 2.15. The summed E-state index contributed by atoms with van der Waals surface area (Å²) in [5.41, 5.74) is -0.480. The molecule has 17 heavy (non-hydrogen) atoms. The molecule has 1 rings (SSSR count).